The SMILES string of the molecule is CC(C)(C)OC(=O)c1ccc(Oc2ccc3sccc3c2)cc1NC(=O)c1ccccc1. The van der Waals surface area contributed by atoms with Crippen molar-refractivity contribution >= 4 is 39.0 Å². The highest BCUT2D eigenvalue weighted by Gasteiger charge is 2.22. The second-order valence-corrected chi connectivity index (χ2v) is 9.20. The van der Waals surface area contributed by atoms with Crippen molar-refractivity contribution in [2.75, 3.05) is 5.32 Å². The number of hydrogen-bond donors (Lipinski definition) is 1. The number of benzene rings is 3. The number of anilines is 1. The number of fused-ring (bicyclic) bond motifs is 1. The number of ether oxygens (including phenoxy) is 2. The maximum absolute atomic E-state index is 12.8. The van der Waals surface area contributed by atoms with Gasteiger partial charge in [0.05, 0.1) is 11.3 Å². The quantitative estimate of drug-likeness (QED) is 0.339. The van der Waals surface area contributed by atoms with Gasteiger partial charge in [-0.15, -0.1) is 11.3 Å². The van der Waals surface area contributed by atoms with Crippen LogP contribution in [0, 0.1) is 0 Å². The molecule has 4 rings (SSSR count). The second-order valence-electron chi connectivity index (χ2n) is 8.25. The summed E-state index contributed by atoms with van der Waals surface area (Å²) in [5.74, 6) is 0.316. The summed E-state index contributed by atoms with van der Waals surface area (Å²) < 4.78 is 12.7. The fraction of sp³-hybridized carbons (Fsp3) is 0.154. The van der Waals surface area contributed by atoms with E-state index >= 15 is 0 Å². The van der Waals surface area contributed by atoms with E-state index in [0.29, 0.717) is 22.7 Å². The molecular formula is C26H23NO4S. The van der Waals surface area contributed by atoms with E-state index in [1.165, 1.54) is 4.70 Å². The number of thiophene rings is 1. The van der Waals surface area contributed by atoms with Crippen LogP contribution in [0.25, 0.3) is 10.1 Å². The first kappa shape index (κ1) is 21.6. The Bertz CT molecular complexity index is 1270. The summed E-state index contributed by atoms with van der Waals surface area (Å²) >= 11 is 1.66. The summed E-state index contributed by atoms with van der Waals surface area (Å²) in [6, 6.07) is 21.6. The number of hydrogen-bond acceptors (Lipinski definition) is 5. The van der Waals surface area contributed by atoms with Crippen molar-refractivity contribution < 1.29 is 19.1 Å². The molecule has 0 saturated carbocycles. The van der Waals surface area contributed by atoms with E-state index in [4.69, 9.17) is 9.47 Å². The highest BCUT2D eigenvalue weighted by Crippen LogP contribution is 2.31. The third kappa shape index (κ3) is 5.15. The summed E-state index contributed by atoms with van der Waals surface area (Å²) in [4.78, 5) is 25.5. The smallest absolute Gasteiger partial charge is 0.340 e. The zero-order valence-corrected chi connectivity index (χ0v) is 18.9. The maximum atomic E-state index is 12.8. The summed E-state index contributed by atoms with van der Waals surface area (Å²) in [5, 5.41) is 5.95. The van der Waals surface area contributed by atoms with E-state index in [1.54, 1.807) is 74.6 Å². The molecule has 0 aliphatic heterocycles. The molecule has 6 heteroatoms. The van der Waals surface area contributed by atoms with Crippen LogP contribution in [0.5, 0.6) is 11.5 Å². The van der Waals surface area contributed by atoms with Gasteiger partial charge in [0, 0.05) is 16.3 Å². The van der Waals surface area contributed by atoms with Crippen LogP contribution in [-0.4, -0.2) is 17.5 Å². The van der Waals surface area contributed by atoms with Gasteiger partial charge in [-0.2, -0.15) is 0 Å². The van der Waals surface area contributed by atoms with E-state index in [9.17, 15) is 9.59 Å². The Morgan fingerprint density at radius 2 is 1.59 bits per heavy atom. The molecule has 0 spiro atoms. The van der Waals surface area contributed by atoms with Gasteiger partial charge in [-0.25, -0.2) is 4.79 Å². The van der Waals surface area contributed by atoms with Gasteiger partial charge < -0.3 is 14.8 Å². The van der Waals surface area contributed by atoms with Crippen molar-refractivity contribution in [2.45, 2.75) is 26.4 Å². The van der Waals surface area contributed by atoms with Crippen LogP contribution >= 0.6 is 11.3 Å². The third-order valence-corrected chi connectivity index (χ3v) is 5.45. The molecule has 0 radical (unpaired) electrons. The second kappa shape index (κ2) is 8.85. The van der Waals surface area contributed by atoms with Crippen LogP contribution in [0.4, 0.5) is 5.69 Å². The first-order valence-corrected chi connectivity index (χ1v) is 11.1. The average molecular weight is 446 g/mol. The molecule has 0 bridgehead atoms. The van der Waals surface area contributed by atoms with Crippen molar-refractivity contribution in [3.8, 4) is 11.5 Å². The standard InChI is InChI=1S/C26H23NO4S/c1-26(2,3)31-25(29)21-11-9-20(30-19-10-12-23-18(15-19)13-14-32-23)16-22(21)27-24(28)17-7-5-4-6-8-17/h4-16H,1-3H3,(H,27,28). The highest BCUT2D eigenvalue weighted by molar-refractivity contribution is 7.17. The largest absolute Gasteiger partial charge is 0.457 e. The minimum Gasteiger partial charge on any atom is -0.457 e. The number of esters is 1. The van der Waals surface area contributed by atoms with Crippen molar-refractivity contribution in [1.82, 2.24) is 0 Å². The third-order valence-electron chi connectivity index (χ3n) is 4.55. The Hall–Kier alpha value is -3.64. The van der Waals surface area contributed by atoms with Gasteiger partial charge in [0.25, 0.3) is 5.91 Å². The summed E-state index contributed by atoms with van der Waals surface area (Å²) in [6.45, 7) is 5.39. The van der Waals surface area contributed by atoms with E-state index in [-0.39, 0.29) is 11.5 Å². The first-order valence-electron chi connectivity index (χ1n) is 10.2. The molecule has 0 atom stereocenters. The topological polar surface area (TPSA) is 64.6 Å². The average Bonchev–Trinajstić information content (AvgIpc) is 3.21. The van der Waals surface area contributed by atoms with Crippen molar-refractivity contribution in [2.24, 2.45) is 0 Å². The molecule has 5 nitrogen and oxygen atoms in total. The molecule has 3 aromatic carbocycles. The molecule has 1 heterocycles. The molecule has 4 aromatic rings. The molecule has 0 fully saturated rings. The fourth-order valence-corrected chi connectivity index (χ4v) is 3.90. The number of carbonyl (C=O) groups is 2. The lowest BCUT2D eigenvalue weighted by Gasteiger charge is -2.21. The molecule has 32 heavy (non-hydrogen) atoms. The maximum Gasteiger partial charge on any atom is 0.340 e. The highest BCUT2D eigenvalue weighted by atomic mass is 32.1. The number of amides is 1. The number of carbonyl (C=O) groups excluding carboxylic acids is 2. The number of nitrogens with one attached hydrogen (secondary N) is 1. The first-order chi connectivity index (χ1) is 15.3. The molecule has 1 aromatic heterocycles. The van der Waals surface area contributed by atoms with Crippen LogP contribution in [0.2, 0.25) is 0 Å². The molecular weight excluding hydrogens is 422 g/mol. The van der Waals surface area contributed by atoms with Crippen molar-refractivity contribution in [1.29, 1.82) is 0 Å². The summed E-state index contributed by atoms with van der Waals surface area (Å²) in [5.41, 5.74) is 0.395. The summed E-state index contributed by atoms with van der Waals surface area (Å²) in [6.07, 6.45) is 0. The fourth-order valence-electron chi connectivity index (χ4n) is 3.13. The Kier molecular flexibility index (Phi) is 5.97. The minimum absolute atomic E-state index is 0.254. The molecule has 0 saturated heterocycles. The summed E-state index contributed by atoms with van der Waals surface area (Å²) in [7, 11) is 0. The zero-order valence-electron chi connectivity index (χ0n) is 18.0. The van der Waals surface area contributed by atoms with Crippen LogP contribution < -0.4 is 10.1 Å². The minimum atomic E-state index is -0.664. The Labute approximate surface area is 190 Å². The lowest BCUT2D eigenvalue weighted by atomic mass is 10.1. The predicted octanol–water partition coefficient (Wildman–Crippen LogP) is 6.90. The molecule has 162 valence electrons. The molecule has 1 amide bonds. The van der Waals surface area contributed by atoms with E-state index in [2.05, 4.69) is 5.32 Å². The van der Waals surface area contributed by atoms with Gasteiger partial charge in [-0.05, 0) is 80.1 Å². The normalized spacial score (nSPS) is 11.2. The monoisotopic (exact) mass is 445 g/mol. The van der Waals surface area contributed by atoms with Gasteiger partial charge in [0.1, 0.15) is 17.1 Å². The van der Waals surface area contributed by atoms with Crippen LogP contribution in [0.15, 0.2) is 78.2 Å². The lowest BCUT2D eigenvalue weighted by molar-refractivity contribution is 0.00708. The molecule has 0 aliphatic rings. The van der Waals surface area contributed by atoms with E-state index in [1.807, 2.05) is 35.7 Å². The predicted molar refractivity (Wildman–Crippen MR) is 128 cm³/mol. The van der Waals surface area contributed by atoms with Gasteiger partial charge in [-0.1, -0.05) is 18.2 Å². The Morgan fingerprint density at radius 3 is 2.34 bits per heavy atom. The van der Waals surface area contributed by atoms with Gasteiger partial charge in [-0.3, -0.25) is 4.79 Å². The lowest BCUT2D eigenvalue weighted by Crippen LogP contribution is -2.25. The van der Waals surface area contributed by atoms with Gasteiger partial charge >= 0.3 is 5.97 Å². The van der Waals surface area contributed by atoms with E-state index < -0.39 is 11.6 Å². The van der Waals surface area contributed by atoms with Gasteiger partial charge in [0.2, 0.25) is 0 Å². The van der Waals surface area contributed by atoms with Gasteiger partial charge in [0.15, 0.2) is 0 Å². The molecule has 1 N–H and O–H groups in total. The molecule has 0 aliphatic carbocycles. The Morgan fingerprint density at radius 1 is 0.875 bits per heavy atom. The van der Waals surface area contributed by atoms with Crippen molar-refractivity contribution in [3.05, 3.63) is 89.3 Å². The zero-order chi connectivity index (χ0) is 22.7. The van der Waals surface area contributed by atoms with Crippen molar-refractivity contribution in [3.63, 3.8) is 0 Å². The molecule has 0 unspecified atom stereocenters. The Balaban J connectivity index is 1.65. The van der Waals surface area contributed by atoms with Crippen LogP contribution in [0.3, 0.4) is 0 Å². The van der Waals surface area contributed by atoms with E-state index in [0.717, 1.165) is 5.39 Å². The van der Waals surface area contributed by atoms with Crippen LogP contribution in [0.1, 0.15) is 41.5 Å². The number of rotatable bonds is 5. The van der Waals surface area contributed by atoms with Crippen LogP contribution in [-0.2, 0) is 4.74 Å².